The number of nitrogens with zero attached hydrogens (tertiary/aromatic N) is 1. The minimum atomic E-state index is -0.643. The van der Waals surface area contributed by atoms with E-state index in [-0.39, 0.29) is 12.2 Å². The maximum Gasteiger partial charge on any atom is 0.338 e. The van der Waals surface area contributed by atoms with E-state index in [2.05, 4.69) is 5.32 Å². The molecule has 21 heavy (non-hydrogen) atoms. The Labute approximate surface area is 121 Å². The SMILES string of the molecule is N#Cc1cccc(C(=O)OCC(=O)Nc2ccccc2)c1. The first kappa shape index (κ1) is 14.3. The second-order valence-electron chi connectivity index (χ2n) is 4.18. The van der Waals surface area contributed by atoms with E-state index in [0.717, 1.165) is 0 Å². The highest BCUT2D eigenvalue weighted by atomic mass is 16.5. The molecule has 5 heteroatoms. The molecule has 0 spiro atoms. The van der Waals surface area contributed by atoms with E-state index >= 15 is 0 Å². The Hall–Kier alpha value is -3.13. The van der Waals surface area contributed by atoms with Gasteiger partial charge in [-0.2, -0.15) is 5.26 Å². The van der Waals surface area contributed by atoms with Gasteiger partial charge in [0.25, 0.3) is 5.91 Å². The van der Waals surface area contributed by atoms with Gasteiger partial charge in [0.15, 0.2) is 6.61 Å². The van der Waals surface area contributed by atoms with E-state index in [1.165, 1.54) is 12.1 Å². The van der Waals surface area contributed by atoms with Crippen LogP contribution >= 0.6 is 0 Å². The van der Waals surface area contributed by atoms with Crippen LogP contribution in [0.15, 0.2) is 54.6 Å². The summed E-state index contributed by atoms with van der Waals surface area (Å²) in [5, 5.41) is 11.4. The molecule has 0 fully saturated rings. The van der Waals surface area contributed by atoms with Crippen molar-refractivity contribution < 1.29 is 14.3 Å². The lowest BCUT2D eigenvalue weighted by Gasteiger charge is -2.06. The molecule has 5 nitrogen and oxygen atoms in total. The standard InChI is InChI=1S/C16H12N2O3/c17-10-12-5-4-6-13(9-12)16(20)21-11-15(19)18-14-7-2-1-3-8-14/h1-9H,11H2,(H,18,19). The summed E-state index contributed by atoms with van der Waals surface area (Å²) in [4.78, 5) is 23.4. The zero-order valence-electron chi connectivity index (χ0n) is 11.1. The molecule has 0 aliphatic carbocycles. The van der Waals surface area contributed by atoms with Gasteiger partial charge >= 0.3 is 5.97 Å². The third-order valence-electron chi connectivity index (χ3n) is 2.62. The number of carbonyl (C=O) groups is 2. The van der Waals surface area contributed by atoms with Crippen LogP contribution in [0.1, 0.15) is 15.9 Å². The third kappa shape index (κ3) is 4.18. The van der Waals surface area contributed by atoms with Crippen molar-refractivity contribution in [1.82, 2.24) is 0 Å². The molecule has 0 bridgehead atoms. The van der Waals surface area contributed by atoms with Crippen molar-refractivity contribution in [3.8, 4) is 6.07 Å². The topological polar surface area (TPSA) is 79.2 Å². The molecule has 0 aliphatic heterocycles. The number of anilines is 1. The molecule has 0 aromatic heterocycles. The van der Waals surface area contributed by atoms with Crippen molar-refractivity contribution in [3.05, 3.63) is 65.7 Å². The van der Waals surface area contributed by atoms with Crippen LogP contribution in [-0.2, 0) is 9.53 Å². The molecule has 2 rings (SSSR count). The molecule has 0 radical (unpaired) electrons. The Morgan fingerprint density at radius 2 is 1.86 bits per heavy atom. The van der Waals surface area contributed by atoms with Crippen LogP contribution in [-0.4, -0.2) is 18.5 Å². The monoisotopic (exact) mass is 280 g/mol. The number of nitrogens with one attached hydrogen (secondary N) is 1. The minimum absolute atomic E-state index is 0.238. The maximum atomic E-state index is 11.8. The van der Waals surface area contributed by atoms with Crippen molar-refractivity contribution in [2.24, 2.45) is 0 Å². The van der Waals surface area contributed by atoms with Gasteiger partial charge in [0.1, 0.15) is 0 Å². The molecule has 0 heterocycles. The second-order valence-corrected chi connectivity index (χ2v) is 4.18. The highest BCUT2D eigenvalue weighted by Gasteiger charge is 2.10. The predicted octanol–water partition coefficient (Wildman–Crippen LogP) is 2.35. The molecule has 1 amide bonds. The van der Waals surface area contributed by atoms with Crippen LogP contribution in [0, 0.1) is 11.3 Å². The maximum absolute atomic E-state index is 11.8. The van der Waals surface area contributed by atoms with E-state index in [4.69, 9.17) is 10.00 Å². The second kappa shape index (κ2) is 6.87. The van der Waals surface area contributed by atoms with E-state index in [9.17, 15) is 9.59 Å². The van der Waals surface area contributed by atoms with Gasteiger partial charge in [0.2, 0.25) is 0 Å². The number of rotatable bonds is 4. The number of amides is 1. The molecule has 0 saturated heterocycles. The summed E-state index contributed by atoms with van der Waals surface area (Å²) in [5.74, 6) is -1.07. The first-order valence-electron chi connectivity index (χ1n) is 6.21. The predicted molar refractivity (Wildman–Crippen MR) is 76.5 cm³/mol. The molecular weight excluding hydrogens is 268 g/mol. The van der Waals surface area contributed by atoms with Gasteiger partial charge < -0.3 is 10.1 Å². The van der Waals surface area contributed by atoms with Gasteiger partial charge in [-0.05, 0) is 30.3 Å². The number of hydrogen-bond donors (Lipinski definition) is 1. The lowest BCUT2D eigenvalue weighted by Crippen LogP contribution is -2.20. The lowest BCUT2D eigenvalue weighted by atomic mass is 10.1. The average molecular weight is 280 g/mol. The number of carbonyl (C=O) groups excluding carboxylic acids is 2. The Bertz CT molecular complexity index is 690. The Kier molecular flexibility index (Phi) is 4.67. The van der Waals surface area contributed by atoms with Crippen molar-refractivity contribution in [2.75, 3.05) is 11.9 Å². The van der Waals surface area contributed by atoms with Gasteiger partial charge in [-0.3, -0.25) is 4.79 Å². The Morgan fingerprint density at radius 3 is 2.57 bits per heavy atom. The Morgan fingerprint density at radius 1 is 1.10 bits per heavy atom. The normalized spacial score (nSPS) is 9.48. The average Bonchev–Trinajstić information content (AvgIpc) is 2.53. The summed E-state index contributed by atoms with van der Waals surface area (Å²) in [6.45, 7) is -0.384. The summed E-state index contributed by atoms with van der Waals surface area (Å²) in [6.07, 6.45) is 0. The zero-order chi connectivity index (χ0) is 15.1. The van der Waals surface area contributed by atoms with Crippen molar-refractivity contribution in [3.63, 3.8) is 0 Å². The lowest BCUT2D eigenvalue weighted by molar-refractivity contribution is -0.119. The van der Waals surface area contributed by atoms with Crippen LogP contribution in [0.2, 0.25) is 0 Å². The minimum Gasteiger partial charge on any atom is -0.452 e. The van der Waals surface area contributed by atoms with Gasteiger partial charge in [-0.25, -0.2) is 4.79 Å². The van der Waals surface area contributed by atoms with E-state index < -0.39 is 11.9 Å². The summed E-state index contributed by atoms with van der Waals surface area (Å²) < 4.78 is 4.90. The number of benzene rings is 2. The van der Waals surface area contributed by atoms with Crippen LogP contribution in [0.5, 0.6) is 0 Å². The molecular formula is C16H12N2O3. The van der Waals surface area contributed by atoms with Gasteiger partial charge in [-0.1, -0.05) is 24.3 Å². The fourth-order valence-electron chi connectivity index (χ4n) is 1.65. The number of ether oxygens (including phenoxy) is 1. The fraction of sp³-hybridized carbons (Fsp3) is 0.0625. The van der Waals surface area contributed by atoms with E-state index in [1.807, 2.05) is 12.1 Å². The van der Waals surface area contributed by atoms with Gasteiger partial charge in [-0.15, -0.1) is 0 Å². The number of para-hydroxylation sites is 1. The Balaban J connectivity index is 1.89. The van der Waals surface area contributed by atoms with Crippen LogP contribution < -0.4 is 5.32 Å². The van der Waals surface area contributed by atoms with Crippen molar-refractivity contribution >= 4 is 17.6 Å². The molecule has 2 aromatic rings. The number of hydrogen-bond acceptors (Lipinski definition) is 4. The number of nitriles is 1. The molecule has 2 aromatic carbocycles. The third-order valence-corrected chi connectivity index (χ3v) is 2.62. The highest BCUT2D eigenvalue weighted by molar-refractivity contribution is 5.95. The van der Waals surface area contributed by atoms with E-state index in [0.29, 0.717) is 11.3 Å². The molecule has 0 unspecified atom stereocenters. The van der Waals surface area contributed by atoms with Crippen LogP contribution in [0.25, 0.3) is 0 Å². The van der Waals surface area contributed by atoms with Crippen molar-refractivity contribution in [2.45, 2.75) is 0 Å². The van der Waals surface area contributed by atoms with Crippen LogP contribution in [0.3, 0.4) is 0 Å². The molecule has 0 saturated carbocycles. The quantitative estimate of drug-likeness (QED) is 0.872. The largest absolute Gasteiger partial charge is 0.452 e. The summed E-state index contributed by atoms with van der Waals surface area (Å²) in [7, 11) is 0. The van der Waals surface area contributed by atoms with Gasteiger partial charge in [0, 0.05) is 5.69 Å². The molecule has 104 valence electrons. The smallest absolute Gasteiger partial charge is 0.338 e. The fourth-order valence-corrected chi connectivity index (χ4v) is 1.65. The zero-order valence-corrected chi connectivity index (χ0v) is 11.1. The summed E-state index contributed by atoms with van der Waals surface area (Å²) in [5.41, 5.74) is 1.23. The molecule has 0 aliphatic rings. The first-order chi connectivity index (χ1) is 10.2. The first-order valence-corrected chi connectivity index (χ1v) is 6.21. The van der Waals surface area contributed by atoms with E-state index in [1.54, 1.807) is 36.4 Å². The van der Waals surface area contributed by atoms with Crippen LogP contribution in [0.4, 0.5) is 5.69 Å². The molecule has 1 N–H and O–H groups in total. The highest BCUT2D eigenvalue weighted by Crippen LogP contribution is 2.07. The summed E-state index contributed by atoms with van der Waals surface area (Å²) in [6, 6.07) is 16.9. The number of esters is 1. The molecule has 0 atom stereocenters. The van der Waals surface area contributed by atoms with Gasteiger partial charge in [0.05, 0.1) is 17.2 Å². The van der Waals surface area contributed by atoms with Crippen molar-refractivity contribution in [1.29, 1.82) is 5.26 Å². The summed E-state index contributed by atoms with van der Waals surface area (Å²) >= 11 is 0.